The zero-order chi connectivity index (χ0) is 19.4. The number of para-hydroxylation sites is 1. The number of hydrogen-bond donors (Lipinski definition) is 1. The molecular weight excluding hydrogens is 366 g/mol. The number of nitrogens with zero attached hydrogens (tertiary/aromatic N) is 2. The fourth-order valence-electron chi connectivity index (χ4n) is 3.88. The van der Waals surface area contributed by atoms with Gasteiger partial charge in [-0.3, -0.25) is 9.59 Å². The number of likely N-dealkylation sites (tertiary alicyclic amines) is 1. The van der Waals surface area contributed by atoms with Crippen LogP contribution in [-0.2, 0) is 14.3 Å². The maximum Gasteiger partial charge on any atom is 0.241 e. The van der Waals surface area contributed by atoms with Gasteiger partial charge in [-0.25, -0.2) is 0 Å². The Labute approximate surface area is 165 Å². The van der Waals surface area contributed by atoms with E-state index in [1.165, 1.54) is 0 Å². The molecule has 2 saturated heterocycles. The molecular formula is C20H28ClN3O3. The third-order valence-corrected chi connectivity index (χ3v) is 5.56. The van der Waals surface area contributed by atoms with Crippen LogP contribution in [0, 0.1) is 5.92 Å². The van der Waals surface area contributed by atoms with Gasteiger partial charge < -0.3 is 19.9 Å². The van der Waals surface area contributed by atoms with Crippen LogP contribution in [-0.4, -0.2) is 66.5 Å². The molecule has 3 rings (SSSR count). The molecule has 148 valence electrons. The van der Waals surface area contributed by atoms with E-state index < -0.39 is 0 Å². The third-order valence-electron chi connectivity index (χ3n) is 5.23. The molecule has 0 saturated carbocycles. The van der Waals surface area contributed by atoms with Gasteiger partial charge in [-0.1, -0.05) is 23.7 Å². The summed E-state index contributed by atoms with van der Waals surface area (Å²) in [5, 5.41) is 3.69. The summed E-state index contributed by atoms with van der Waals surface area (Å²) in [4.78, 5) is 29.0. The smallest absolute Gasteiger partial charge is 0.241 e. The monoisotopic (exact) mass is 393 g/mol. The molecule has 0 aliphatic carbocycles. The lowest BCUT2D eigenvalue weighted by Gasteiger charge is -2.39. The van der Waals surface area contributed by atoms with E-state index in [4.69, 9.17) is 16.3 Å². The molecule has 2 atom stereocenters. The SMILES string of the molecule is CC1CN(C(=O)C2CCN(C(=O)CNc3ccccc3Cl)CC2)CC(C)O1. The first-order valence-corrected chi connectivity index (χ1v) is 10.0. The molecule has 7 heteroatoms. The van der Waals surface area contributed by atoms with Gasteiger partial charge in [-0.2, -0.15) is 0 Å². The van der Waals surface area contributed by atoms with Gasteiger partial charge in [0.2, 0.25) is 11.8 Å². The van der Waals surface area contributed by atoms with Crippen molar-refractivity contribution in [2.75, 3.05) is 38.0 Å². The molecule has 0 aromatic heterocycles. The molecule has 0 radical (unpaired) electrons. The summed E-state index contributed by atoms with van der Waals surface area (Å²) in [5.74, 6) is 0.246. The Balaban J connectivity index is 1.46. The molecule has 2 aliphatic rings. The van der Waals surface area contributed by atoms with Crippen molar-refractivity contribution in [3.63, 3.8) is 0 Å². The second kappa shape index (κ2) is 8.93. The number of anilines is 1. The van der Waals surface area contributed by atoms with Crippen molar-refractivity contribution in [1.82, 2.24) is 9.80 Å². The van der Waals surface area contributed by atoms with Crippen LogP contribution in [0.25, 0.3) is 0 Å². The summed E-state index contributed by atoms with van der Waals surface area (Å²) in [6.45, 7) is 6.77. The first-order chi connectivity index (χ1) is 12.9. The molecule has 27 heavy (non-hydrogen) atoms. The van der Waals surface area contributed by atoms with Crippen LogP contribution in [0.2, 0.25) is 5.02 Å². The predicted molar refractivity (Wildman–Crippen MR) is 106 cm³/mol. The van der Waals surface area contributed by atoms with Crippen molar-refractivity contribution in [2.45, 2.75) is 38.9 Å². The third kappa shape index (κ3) is 5.14. The number of carbonyl (C=O) groups is 2. The minimum absolute atomic E-state index is 0.00285. The molecule has 0 spiro atoms. The maximum atomic E-state index is 12.8. The molecule has 1 aromatic carbocycles. The summed E-state index contributed by atoms with van der Waals surface area (Å²) in [6, 6.07) is 7.37. The quantitative estimate of drug-likeness (QED) is 0.854. The van der Waals surface area contributed by atoms with Crippen molar-refractivity contribution >= 4 is 29.1 Å². The largest absolute Gasteiger partial charge is 0.375 e. The standard InChI is InChI=1S/C20H28ClN3O3/c1-14-12-24(13-15(2)27-14)20(26)16-7-9-23(10-8-16)19(25)11-22-18-6-4-3-5-17(18)21/h3-6,14-16,22H,7-13H2,1-2H3. The number of morpholine rings is 1. The number of benzene rings is 1. The van der Waals surface area contributed by atoms with Crippen LogP contribution in [0.5, 0.6) is 0 Å². The highest BCUT2D eigenvalue weighted by atomic mass is 35.5. The van der Waals surface area contributed by atoms with Crippen LogP contribution < -0.4 is 5.32 Å². The summed E-state index contributed by atoms with van der Waals surface area (Å²) in [5.41, 5.74) is 0.758. The normalized spacial score (nSPS) is 24.0. The number of piperidine rings is 1. The Bertz CT molecular complexity index is 666. The average Bonchev–Trinajstić information content (AvgIpc) is 2.66. The van der Waals surface area contributed by atoms with Crippen LogP contribution in [0.15, 0.2) is 24.3 Å². The van der Waals surface area contributed by atoms with E-state index in [9.17, 15) is 9.59 Å². The molecule has 2 amide bonds. The topological polar surface area (TPSA) is 61.9 Å². The Morgan fingerprint density at radius 2 is 1.74 bits per heavy atom. The van der Waals surface area contributed by atoms with Crippen LogP contribution in [0.3, 0.4) is 0 Å². The molecule has 0 bridgehead atoms. The Hall–Kier alpha value is -1.79. The maximum absolute atomic E-state index is 12.8. The van der Waals surface area contributed by atoms with Crippen molar-refractivity contribution in [3.8, 4) is 0 Å². The van der Waals surface area contributed by atoms with Gasteiger partial charge in [0.1, 0.15) is 0 Å². The van der Waals surface area contributed by atoms with E-state index in [1.54, 1.807) is 6.07 Å². The molecule has 1 aromatic rings. The van der Waals surface area contributed by atoms with Crippen molar-refractivity contribution in [1.29, 1.82) is 0 Å². The van der Waals surface area contributed by atoms with Gasteiger partial charge in [0, 0.05) is 32.1 Å². The molecule has 2 heterocycles. The fourth-order valence-corrected chi connectivity index (χ4v) is 4.08. The van der Waals surface area contributed by atoms with E-state index in [0.717, 1.165) is 18.5 Å². The predicted octanol–water partition coefficient (Wildman–Crippen LogP) is 2.63. The second-order valence-electron chi connectivity index (χ2n) is 7.49. The average molecular weight is 394 g/mol. The van der Waals surface area contributed by atoms with E-state index in [0.29, 0.717) is 31.2 Å². The van der Waals surface area contributed by atoms with E-state index in [-0.39, 0.29) is 36.5 Å². The first kappa shape index (κ1) is 20.0. The summed E-state index contributed by atoms with van der Waals surface area (Å²) < 4.78 is 5.71. The molecule has 6 nitrogen and oxygen atoms in total. The number of amides is 2. The Kier molecular flexibility index (Phi) is 6.60. The highest BCUT2D eigenvalue weighted by molar-refractivity contribution is 6.33. The first-order valence-electron chi connectivity index (χ1n) is 9.64. The number of nitrogens with one attached hydrogen (secondary N) is 1. The van der Waals surface area contributed by atoms with Crippen LogP contribution >= 0.6 is 11.6 Å². The summed E-state index contributed by atoms with van der Waals surface area (Å²) >= 11 is 6.10. The number of carbonyl (C=O) groups excluding carboxylic acids is 2. The van der Waals surface area contributed by atoms with Crippen molar-refractivity contribution < 1.29 is 14.3 Å². The minimum Gasteiger partial charge on any atom is -0.375 e. The Morgan fingerprint density at radius 1 is 1.11 bits per heavy atom. The number of rotatable bonds is 4. The van der Waals surface area contributed by atoms with E-state index in [1.807, 2.05) is 41.8 Å². The van der Waals surface area contributed by atoms with Crippen molar-refractivity contribution in [3.05, 3.63) is 29.3 Å². The number of halogens is 1. The second-order valence-corrected chi connectivity index (χ2v) is 7.90. The zero-order valence-electron chi connectivity index (χ0n) is 16.0. The minimum atomic E-state index is 0.00285. The van der Waals surface area contributed by atoms with Gasteiger partial charge in [0.05, 0.1) is 29.5 Å². The lowest BCUT2D eigenvalue weighted by atomic mass is 9.94. The van der Waals surface area contributed by atoms with Crippen LogP contribution in [0.1, 0.15) is 26.7 Å². The van der Waals surface area contributed by atoms with Gasteiger partial charge in [0.25, 0.3) is 0 Å². The Morgan fingerprint density at radius 3 is 2.37 bits per heavy atom. The molecule has 2 aliphatic heterocycles. The molecule has 1 N–H and O–H groups in total. The molecule has 2 unspecified atom stereocenters. The lowest BCUT2D eigenvalue weighted by molar-refractivity contribution is -0.150. The fraction of sp³-hybridized carbons (Fsp3) is 0.600. The number of hydrogen-bond acceptors (Lipinski definition) is 4. The lowest BCUT2D eigenvalue weighted by Crippen LogP contribution is -2.52. The highest BCUT2D eigenvalue weighted by Crippen LogP contribution is 2.23. The van der Waals surface area contributed by atoms with Gasteiger partial charge >= 0.3 is 0 Å². The summed E-state index contributed by atoms with van der Waals surface area (Å²) in [7, 11) is 0. The highest BCUT2D eigenvalue weighted by Gasteiger charge is 2.33. The van der Waals surface area contributed by atoms with Crippen LogP contribution in [0.4, 0.5) is 5.69 Å². The van der Waals surface area contributed by atoms with E-state index >= 15 is 0 Å². The van der Waals surface area contributed by atoms with Gasteiger partial charge in [-0.15, -0.1) is 0 Å². The van der Waals surface area contributed by atoms with Gasteiger partial charge in [0.15, 0.2) is 0 Å². The van der Waals surface area contributed by atoms with Gasteiger partial charge in [-0.05, 0) is 38.8 Å². The zero-order valence-corrected chi connectivity index (χ0v) is 16.7. The van der Waals surface area contributed by atoms with Crippen molar-refractivity contribution in [2.24, 2.45) is 5.92 Å². The summed E-state index contributed by atoms with van der Waals surface area (Å²) in [6.07, 6.45) is 1.60. The van der Waals surface area contributed by atoms with E-state index in [2.05, 4.69) is 5.32 Å². The number of ether oxygens (including phenoxy) is 1. The molecule has 2 fully saturated rings.